The molecule has 3 heteroatoms. The predicted molar refractivity (Wildman–Crippen MR) is 78.8 cm³/mol. The summed E-state index contributed by atoms with van der Waals surface area (Å²) in [5, 5.41) is 3.41. The zero-order valence-electron chi connectivity index (χ0n) is 12.0. The minimum absolute atomic E-state index is 0.390. The second-order valence-electron chi connectivity index (χ2n) is 4.92. The fraction of sp³-hybridized carbons (Fsp3) is 0.500. The highest BCUT2D eigenvalue weighted by atomic mass is 16.5. The van der Waals surface area contributed by atoms with E-state index in [4.69, 9.17) is 9.47 Å². The van der Waals surface area contributed by atoms with Gasteiger partial charge in [-0.2, -0.15) is 0 Å². The van der Waals surface area contributed by atoms with Crippen molar-refractivity contribution in [3.63, 3.8) is 0 Å². The maximum Gasteiger partial charge on any atom is 0.161 e. The van der Waals surface area contributed by atoms with Crippen LogP contribution in [0.3, 0.4) is 0 Å². The fourth-order valence-corrected chi connectivity index (χ4v) is 2.12. The van der Waals surface area contributed by atoms with Gasteiger partial charge in [0.1, 0.15) is 0 Å². The van der Waals surface area contributed by atoms with Gasteiger partial charge in [-0.25, -0.2) is 0 Å². The summed E-state index contributed by atoms with van der Waals surface area (Å²) >= 11 is 0. The molecule has 1 heterocycles. The van der Waals surface area contributed by atoms with Gasteiger partial charge in [-0.3, -0.25) is 0 Å². The first-order valence-electron chi connectivity index (χ1n) is 7.02. The molecule has 1 atom stereocenters. The van der Waals surface area contributed by atoms with Gasteiger partial charge in [-0.15, -0.1) is 0 Å². The van der Waals surface area contributed by atoms with Crippen LogP contribution in [0.4, 0.5) is 0 Å². The molecule has 1 aromatic rings. The van der Waals surface area contributed by atoms with Crippen LogP contribution in [0.2, 0.25) is 0 Å². The SMILES string of the molecule is CCNC(C)/C(C)=C/c1ccc2c(c1)OCCCO2. The smallest absolute Gasteiger partial charge is 0.161 e. The van der Waals surface area contributed by atoms with E-state index >= 15 is 0 Å². The van der Waals surface area contributed by atoms with Crippen LogP contribution in [-0.4, -0.2) is 25.8 Å². The summed E-state index contributed by atoms with van der Waals surface area (Å²) in [6.45, 7) is 8.89. The number of hydrogen-bond donors (Lipinski definition) is 1. The monoisotopic (exact) mass is 261 g/mol. The molecule has 0 bridgehead atoms. The first-order chi connectivity index (χ1) is 9.20. The van der Waals surface area contributed by atoms with E-state index < -0.39 is 0 Å². The maximum atomic E-state index is 5.71. The lowest BCUT2D eigenvalue weighted by Crippen LogP contribution is -2.26. The van der Waals surface area contributed by atoms with Gasteiger partial charge in [0.15, 0.2) is 11.5 Å². The summed E-state index contributed by atoms with van der Waals surface area (Å²) in [5.41, 5.74) is 2.47. The van der Waals surface area contributed by atoms with Gasteiger partial charge < -0.3 is 14.8 Å². The molecule has 0 aromatic heterocycles. The first kappa shape index (κ1) is 13.9. The normalized spacial score (nSPS) is 16.9. The number of ether oxygens (including phenoxy) is 2. The molecule has 0 saturated carbocycles. The summed E-state index contributed by atoms with van der Waals surface area (Å²) in [7, 11) is 0. The molecule has 19 heavy (non-hydrogen) atoms. The molecule has 0 spiro atoms. The second-order valence-corrected chi connectivity index (χ2v) is 4.92. The van der Waals surface area contributed by atoms with E-state index in [1.165, 1.54) is 5.57 Å². The molecule has 104 valence electrons. The molecular formula is C16H23NO2. The minimum Gasteiger partial charge on any atom is -0.490 e. The van der Waals surface area contributed by atoms with E-state index in [1.54, 1.807) is 0 Å². The molecule has 1 N–H and O–H groups in total. The number of benzene rings is 1. The van der Waals surface area contributed by atoms with Crippen LogP contribution >= 0.6 is 0 Å². The third kappa shape index (κ3) is 3.74. The maximum absolute atomic E-state index is 5.71. The molecule has 1 unspecified atom stereocenters. The van der Waals surface area contributed by atoms with Crippen LogP contribution in [0, 0.1) is 0 Å². The summed E-state index contributed by atoms with van der Waals surface area (Å²) in [6.07, 6.45) is 3.14. The van der Waals surface area contributed by atoms with Gasteiger partial charge in [0.25, 0.3) is 0 Å². The Bertz CT molecular complexity index is 454. The summed E-state index contributed by atoms with van der Waals surface area (Å²) in [5.74, 6) is 1.71. The Hall–Kier alpha value is -1.48. The van der Waals surface area contributed by atoms with Crippen LogP contribution in [0.15, 0.2) is 23.8 Å². The Morgan fingerprint density at radius 2 is 2.05 bits per heavy atom. The average Bonchev–Trinajstić information content (AvgIpc) is 2.63. The zero-order chi connectivity index (χ0) is 13.7. The van der Waals surface area contributed by atoms with Gasteiger partial charge in [0, 0.05) is 12.5 Å². The van der Waals surface area contributed by atoms with Crippen molar-refractivity contribution in [2.45, 2.75) is 33.2 Å². The third-order valence-corrected chi connectivity index (χ3v) is 3.36. The molecule has 1 aliphatic rings. The van der Waals surface area contributed by atoms with Crippen molar-refractivity contribution < 1.29 is 9.47 Å². The van der Waals surface area contributed by atoms with Crippen LogP contribution in [0.1, 0.15) is 32.8 Å². The van der Waals surface area contributed by atoms with E-state index in [1.807, 2.05) is 6.07 Å². The van der Waals surface area contributed by atoms with Crippen molar-refractivity contribution in [1.29, 1.82) is 0 Å². The topological polar surface area (TPSA) is 30.5 Å². The van der Waals surface area contributed by atoms with E-state index in [-0.39, 0.29) is 0 Å². The molecule has 0 saturated heterocycles. The van der Waals surface area contributed by atoms with Crippen molar-refractivity contribution in [1.82, 2.24) is 5.32 Å². The molecular weight excluding hydrogens is 238 g/mol. The van der Waals surface area contributed by atoms with E-state index in [0.29, 0.717) is 6.04 Å². The van der Waals surface area contributed by atoms with E-state index in [0.717, 1.165) is 43.2 Å². The van der Waals surface area contributed by atoms with Gasteiger partial charge in [-0.1, -0.05) is 24.6 Å². The van der Waals surface area contributed by atoms with Crippen molar-refractivity contribution in [3.05, 3.63) is 29.3 Å². The van der Waals surface area contributed by atoms with Gasteiger partial charge in [0.2, 0.25) is 0 Å². The van der Waals surface area contributed by atoms with Crippen LogP contribution < -0.4 is 14.8 Å². The number of hydrogen-bond acceptors (Lipinski definition) is 3. The van der Waals surface area contributed by atoms with E-state index in [9.17, 15) is 0 Å². The number of likely N-dealkylation sites (N-methyl/N-ethyl adjacent to an activating group) is 1. The fourth-order valence-electron chi connectivity index (χ4n) is 2.12. The Morgan fingerprint density at radius 3 is 2.79 bits per heavy atom. The molecule has 1 aliphatic heterocycles. The highest BCUT2D eigenvalue weighted by molar-refractivity contribution is 5.58. The van der Waals surface area contributed by atoms with Gasteiger partial charge in [0.05, 0.1) is 13.2 Å². The van der Waals surface area contributed by atoms with E-state index in [2.05, 4.69) is 44.3 Å². The molecule has 0 amide bonds. The highest BCUT2D eigenvalue weighted by Gasteiger charge is 2.10. The van der Waals surface area contributed by atoms with Gasteiger partial charge >= 0.3 is 0 Å². The summed E-state index contributed by atoms with van der Waals surface area (Å²) in [4.78, 5) is 0. The molecule has 3 nitrogen and oxygen atoms in total. The average molecular weight is 261 g/mol. The Morgan fingerprint density at radius 1 is 1.32 bits per heavy atom. The largest absolute Gasteiger partial charge is 0.490 e. The molecule has 0 aliphatic carbocycles. The Labute approximate surface area is 115 Å². The Kier molecular flexibility index (Phi) is 4.86. The standard InChI is InChI=1S/C16H23NO2/c1-4-17-13(3)12(2)10-14-6-7-15-16(11-14)19-9-5-8-18-15/h6-7,10-11,13,17H,4-5,8-9H2,1-3H3/b12-10+. The van der Waals surface area contributed by atoms with Crippen molar-refractivity contribution in [2.75, 3.05) is 19.8 Å². The molecule has 1 aromatic carbocycles. The lowest BCUT2D eigenvalue weighted by Gasteiger charge is -2.13. The van der Waals surface area contributed by atoms with Crippen molar-refractivity contribution in [3.8, 4) is 11.5 Å². The zero-order valence-corrected chi connectivity index (χ0v) is 12.0. The van der Waals surface area contributed by atoms with Crippen molar-refractivity contribution in [2.24, 2.45) is 0 Å². The predicted octanol–water partition coefficient (Wildman–Crippen LogP) is 3.25. The Balaban J connectivity index is 2.17. The minimum atomic E-state index is 0.390. The lowest BCUT2D eigenvalue weighted by molar-refractivity contribution is 0.297. The highest BCUT2D eigenvalue weighted by Crippen LogP contribution is 2.31. The lowest BCUT2D eigenvalue weighted by atomic mass is 10.1. The van der Waals surface area contributed by atoms with Gasteiger partial charge in [-0.05, 0) is 38.1 Å². The third-order valence-electron chi connectivity index (χ3n) is 3.36. The summed E-state index contributed by atoms with van der Waals surface area (Å²) in [6, 6.07) is 6.52. The second kappa shape index (κ2) is 6.62. The van der Waals surface area contributed by atoms with Crippen LogP contribution in [0.25, 0.3) is 6.08 Å². The van der Waals surface area contributed by atoms with Crippen LogP contribution in [-0.2, 0) is 0 Å². The molecule has 0 radical (unpaired) electrons. The number of nitrogens with one attached hydrogen (secondary N) is 1. The molecule has 2 rings (SSSR count). The van der Waals surface area contributed by atoms with Crippen molar-refractivity contribution >= 4 is 6.08 Å². The number of rotatable bonds is 4. The van der Waals surface area contributed by atoms with Crippen LogP contribution in [0.5, 0.6) is 11.5 Å². The first-order valence-corrected chi connectivity index (χ1v) is 7.02. The quantitative estimate of drug-likeness (QED) is 0.902. The number of fused-ring (bicyclic) bond motifs is 1. The molecule has 0 fully saturated rings. The summed E-state index contributed by atoms with van der Waals surface area (Å²) < 4.78 is 11.3.